The second-order valence-electron chi connectivity index (χ2n) is 4.89. The quantitative estimate of drug-likeness (QED) is 0.364. The van der Waals surface area contributed by atoms with E-state index in [9.17, 15) is 0 Å². The Morgan fingerprint density at radius 2 is 2.06 bits per heavy atom. The minimum Gasteiger partial charge on any atom is -0.409 e. The highest BCUT2D eigenvalue weighted by Gasteiger charge is 2.42. The molecule has 3 N–H and O–H groups in total. The van der Waals surface area contributed by atoms with Gasteiger partial charge in [0, 0.05) is 17.2 Å². The SMILES string of the molecule is N/C(CC1(CSCc2ccc(Cl)cc2)CC1)=N/O. The maximum Gasteiger partial charge on any atom is 0.139 e. The first-order valence-corrected chi connectivity index (χ1v) is 7.45. The lowest BCUT2D eigenvalue weighted by Crippen LogP contribution is -2.19. The maximum atomic E-state index is 8.60. The van der Waals surface area contributed by atoms with Gasteiger partial charge in [0.05, 0.1) is 0 Å². The maximum absolute atomic E-state index is 8.60. The number of hydrogen-bond acceptors (Lipinski definition) is 3. The van der Waals surface area contributed by atoms with E-state index in [0.717, 1.165) is 16.5 Å². The Hall–Kier alpha value is -0.870. The summed E-state index contributed by atoms with van der Waals surface area (Å²) in [5.41, 5.74) is 7.13. The van der Waals surface area contributed by atoms with Crippen LogP contribution >= 0.6 is 23.4 Å². The Morgan fingerprint density at radius 1 is 1.39 bits per heavy atom. The molecule has 2 rings (SSSR count). The van der Waals surface area contributed by atoms with Crippen LogP contribution in [0.15, 0.2) is 29.4 Å². The lowest BCUT2D eigenvalue weighted by atomic mass is 10.1. The summed E-state index contributed by atoms with van der Waals surface area (Å²) >= 11 is 7.74. The van der Waals surface area contributed by atoms with Crippen molar-refractivity contribution in [2.75, 3.05) is 5.75 Å². The predicted octanol–water partition coefficient (Wildman–Crippen LogP) is 3.49. The first kappa shape index (κ1) is 13.6. The van der Waals surface area contributed by atoms with Gasteiger partial charge in [-0.15, -0.1) is 0 Å². The molecule has 0 bridgehead atoms. The van der Waals surface area contributed by atoms with E-state index in [0.29, 0.717) is 12.3 Å². The summed E-state index contributed by atoms with van der Waals surface area (Å²) in [6.45, 7) is 0. The van der Waals surface area contributed by atoms with Gasteiger partial charge in [-0.1, -0.05) is 28.9 Å². The van der Waals surface area contributed by atoms with Crippen molar-refractivity contribution in [3.05, 3.63) is 34.9 Å². The number of rotatable bonds is 6. The third kappa shape index (κ3) is 3.82. The van der Waals surface area contributed by atoms with E-state index in [1.807, 2.05) is 23.9 Å². The molecule has 1 fully saturated rings. The van der Waals surface area contributed by atoms with Gasteiger partial charge in [0.2, 0.25) is 0 Å². The highest BCUT2D eigenvalue weighted by Crippen LogP contribution is 2.51. The van der Waals surface area contributed by atoms with Crippen LogP contribution in [0.4, 0.5) is 0 Å². The van der Waals surface area contributed by atoms with Crippen molar-refractivity contribution < 1.29 is 5.21 Å². The molecule has 3 nitrogen and oxygen atoms in total. The molecule has 0 unspecified atom stereocenters. The van der Waals surface area contributed by atoms with Gasteiger partial charge >= 0.3 is 0 Å². The van der Waals surface area contributed by atoms with Crippen LogP contribution in [0.3, 0.4) is 0 Å². The zero-order valence-electron chi connectivity index (χ0n) is 10.1. The summed E-state index contributed by atoms with van der Waals surface area (Å²) in [6.07, 6.45) is 3.06. The largest absolute Gasteiger partial charge is 0.409 e. The van der Waals surface area contributed by atoms with E-state index in [2.05, 4.69) is 17.3 Å². The Morgan fingerprint density at radius 3 is 2.61 bits per heavy atom. The van der Waals surface area contributed by atoms with Gasteiger partial charge in [-0.2, -0.15) is 11.8 Å². The second-order valence-corrected chi connectivity index (χ2v) is 6.31. The smallest absolute Gasteiger partial charge is 0.139 e. The zero-order chi connectivity index (χ0) is 13.0. The summed E-state index contributed by atoms with van der Waals surface area (Å²) < 4.78 is 0. The average molecular weight is 285 g/mol. The number of oxime groups is 1. The van der Waals surface area contributed by atoms with E-state index < -0.39 is 0 Å². The van der Waals surface area contributed by atoms with E-state index in [4.69, 9.17) is 22.5 Å². The Kier molecular flexibility index (Phi) is 4.40. The summed E-state index contributed by atoms with van der Waals surface area (Å²) in [5.74, 6) is 2.39. The molecule has 1 aliphatic carbocycles. The van der Waals surface area contributed by atoms with Crippen molar-refractivity contribution in [2.45, 2.75) is 25.0 Å². The molecule has 5 heteroatoms. The number of amidine groups is 1. The van der Waals surface area contributed by atoms with Gasteiger partial charge in [0.1, 0.15) is 5.84 Å². The van der Waals surface area contributed by atoms with Crippen LogP contribution < -0.4 is 5.73 Å². The molecule has 1 aliphatic rings. The summed E-state index contributed by atoms with van der Waals surface area (Å²) in [4.78, 5) is 0. The Labute approximate surface area is 116 Å². The molecule has 0 aliphatic heterocycles. The number of benzene rings is 1. The molecular formula is C13H17ClN2OS. The summed E-state index contributed by atoms with van der Waals surface area (Å²) in [6, 6.07) is 7.94. The summed E-state index contributed by atoms with van der Waals surface area (Å²) in [5, 5.41) is 12.4. The van der Waals surface area contributed by atoms with Gasteiger partial charge in [0.25, 0.3) is 0 Å². The van der Waals surface area contributed by atoms with Crippen LogP contribution in [-0.4, -0.2) is 16.8 Å². The molecule has 0 saturated heterocycles. The fourth-order valence-electron chi connectivity index (χ4n) is 1.93. The first-order valence-electron chi connectivity index (χ1n) is 5.92. The number of nitrogens with two attached hydrogens (primary N) is 1. The molecule has 1 aromatic carbocycles. The molecule has 0 aromatic heterocycles. The third-order valence-electron chi connectivity index (χ3n) is 3.23. The minimum atomic E-state index is 0.271. The fourth-order valence-corrected chi connectivity index (χ4v) is 3.41. The standard InChI is InChI=1S/C13H17ClN2OS/c14-11-3-1-10(2-4-11)8-18-9-13(5-6-13)7-12(15)16-17/h1-4,17H,5-9H2,(H2,15,16). The van der Waals surface area contributed by atoms with E-state index >= 15 is 0 Å². The van der Waals surface area contributed by atoms with Crippen LogP contribution in [0.5, 0.6) is 0 Å². The molecule has 0 heterocycles. The first-order chi connectivity index (χ1) is 8.63. The normalized spacial score (nSPS) is 17.7. The van der Waals surface area contributed by atoms with Crippen molar-refractivity contribution >= 4 is 29.2 Å². The van der Waals surface area contributed by atoms with Crippen molar-refractivity contribution in [1.82, 2.24) is 0 Å². The highest BCUT2D eigenvalue weighted by molar-refractivity contribution is 7.98. The van der Waals surface area contributed by atoms with E-state index in [1.165, 1.54) is 18.4 Å². The van der Waals surface area contributed by atoms with Gasteiger partial charge < -0.3 is 10.9 Å². The van der Waals surface area contributed by atoms with Crippen molar-refractivity contribution in [1.29, 1.82) is 0 Å². The van der Waals surface area contributed by atoms with Crippen molar-refractivity contribution in [2.24, 2.45) is 16.3 Å². The number of hydrogen-bond donors (Lipinski definition) is 2. The molecule has 1 saturated carbocycles. The topological polar surface area (TPSA) is 58.6 Å². The zero-order valence-corrected chi connectivity index (χ0v) is 11.7. The van der Waals surface area contributed by atoms with E-state index in [1.54, 1.807) is 0 Å². The van der Waals surface area contributed by atoms with Gasteiger partial charge in [-0.05, 0) is 41.7 Å². The number of halogens is 1. The highest BCUT2D eigenvalue weighted by atomic mass is 35.5. The average Bonchev–Trinajstić information content (AvgIpc) is 3.11. The van der Waals surface area contributed by atoms with E-state index in [-0.39, 0.29) is 5.41 Å². The Bertz CT molecular complexity index is 429. The summed E-state index contributed by atoms with van der Waals surface area (Å²) in [7, 11) is 0. The number of nitrogens with zero attached hydrogens (tertiary/aromatic N) is 1. The third-order valence-corrected chi connectivity index (χ3v) is 4.84. The molecule has 98 valence electrons. The number of thioether (sulfide) groups is 1. The van der Waals surface area contributed by atoms with Gasteiger partial charge in [0.15, 0.2) is 0 Å². The lowest BCUT2D eigenvalue weighted by Gasteiger charge is -2.13. The lowest BCUT2D eigenvalue weighted by molar-refractivity contribution is 0.315. The molecule has 0 atom stereocenters. The molecule has 0 radical (unpaired) electrons. The van der Waals surface area contributed by atoms with Crippen LogP contribution in [-0.2, 0) is 5.75 Å². The van der Waals surface area contributed by atoms with Crippen LogP contribution in [0.25, 0.3) is 0 Å². The van der Waals surface area contributed by atoms with Crippen molar-refractivity contribution in [3.63, 3.8) is 0 Å². The van der Waals surface area contributed by atoms with Crippen LogP contribution in [0.1, 0.15) is 24.8 Å². The predicted molar refractivity (Wildman–Crippen MR) is 77.3 cm³/mol. The molecule has 18 heavy (non-hydrogen) atoms. The van der Waals surface area contributed by atoms with Crippen molar-refractivity contribution in [3.8, 4) is 0 Å². The van der Waals surface area contributed by atoms with Crippen LogP contribution in [0, 0.1) is 5.41 Å². The van der Waals surface area contributed by atoms with Crippen LogP contribution in [0.2, 0.25) is 5.02 Å². The minimum absolute atomic E-state index is 0.271. The van der Waals surface area contributed by atoms with Gasteiger partial charge in [-0.25, -0.2) is 0 Å². The molecular weight excluding hydrogens is 268 g/mol. The fraction of sp³-hybridized carbons (Fsp3) is 0.462. The second kappa shape index (κ2) is 5.85. The van der Waals surface area contributed by atoms with Gasteiger partial charge in [-0.3, -0.25) is 0 Å². The Balaban J connectivity index is 1.77. The monoisotopic (exact) mass is 284 g/mol. The molecule has 0 amide bonds. The molecule has 0 spiro atoms. The molecule has 1 aromatic rings.